The molecule has 0 saturated heterocycles. The second kappa shape index (κ2) is 6.02. The first-order chi connectivity index (χ1) is 7.20. The van der Waals surface area contributed by atoms with E-state index in [1.807, 2.05) is 37.5 Å². The third-order valence-corrected chi connectivity index (χ3v) is 3.21. The van der Waals surface area contributed by atoms with Crippen LogP contribution in [0, 0.1) is 6.92 Å². The molecule has 86 valence electrons. The van der Waals surface area contributed by atoms with Gasteiger partial charge in [-0.3, -0.25) is 4.68 Å². The molecule has 0 spiro atoms. The molecule has 0 atom stereocenters. The van der Waals surface area contributed by atoms with Crippen LogP contribution >= 0.6 is 11.8 Å². The highest BCUT2D eigenvalue weighted by molar-refractivity contribution is 7.98. The SMILES string of the molecule is CNc1c(CSCCOC)c(C)nn1C. The van der Waals surface area contributed by atoms with Gasteiger partial charge >= 0.3 is 0 Å². The summed E-state index contributed by atoms with van der Waals surface area (Å²) in [6, 6.07) is 0. The van der Waals surface area contributed by atoms with Crippen LogP contribution in [0.1, 0.15) is 11.3 Å². The van der Waals surface area contributed by atoms with Gasteiger partial charge in [-0.2, -0.15) is 16.9 Å². The second-order valence-corrected chi connectivity index (χ2v) is 4.44. The third-order valence-electron chi connectivity index (χ3n) is 2.26. The minimum atomic E-state index is 0.804. The Morgan fingerprint density at radius 1 is 1.53 bits per heavy atom. The van der Waals surface area contributed by atoms with Gasteiger partial charge in [0.05, 0.1) is 12.3 Å². The van der Waals surface area contributed by atoms with E-state index in [-0.39, 0.29) is 0 Å². The number of anilines is 1. The van der Waals surface area contributed by atoms with Gasteiger partial charge in [-0.15, -0.1) is 0 Å². The third kappa shape index (κ3) is 3.14. The van der Waals surface area contributed by atoms with Gasteiger partial charge in [-0.05, 0) is 6.92 Å². The normalized spacial score (nSPS) is 10.7. The summed E-state index contributed by atoms with van der Waals surface area (Å²) < 4.78 is 6.90. The molecule has 1 heterocycles. The van der Waals surface area contributed by atoms with Crippen molar-refractivity contribution in [3.63, 3.8) is 0 Å². The van der Waals surface area contributed by atoms with Crippen molar-refractivity contribution < 1.29 is 4.74 Å². The van der Waals surface area contributed by atoms with E-state index in [0.717, 1.165) is 29.6 Å². The molecule has 0 amide bonds. The quantitative estimate of drug-likeness (QED) is 0.753. The summed E-state index contributed by atoms with van der Waals surface area (Å²) in [5, 5.41) is 7.57. The van der Waals surface area contributed by atoms with Crippen LogP contribution < -0.4 is 5.32 Å². The van der Waals surface area contributed by atoms with Crippen molar-refractivity contribution in [3.8, 4) is 0 Å². The van der Waals surface area contributed by atoms with Crippen LogP contribution in [0.15, 0.2) is 0 Å². The van der Waals surface area contributed by atoms with Crippen molar-refractivity contribution in [1.29, 1.82) is 0 Å². The van der Waals surface area contributed by atoms with Crippen molar-refractivity contribution in [2.24, 2.45) is 7.05 Å². The average Bonchev–Trinajstić information content (AvgIpc) is 2.48. The number of methoxy groups -OCH3 is 1. The van der Waals surface area contributed by atoms with Crippen molar-refractivity contribution in [2.45, 2.75) is 12.7 Å². The molecule has 0 unspecified atom stereocenters. The number of aromatic nitrogens is 2. The summed E-state index contributed by atoms with van der Waals surface area (Å²) in [5.74, 6) is 3.12. The Balaban J connectivity index is 2.59. The van der Waals surface area contributed by atoms with Crippen LogP contribution in [-0.2, 0) is 17.5 Å². The zero-order valence-electron chi connectivity index (χ0n) is 9.83. The van der Waals surface area contributed by atoms with Gasteiger partial charge in [0, 0.05) is 38.3 Å². The molecule has 5 heteroatoms. The largest absolute Gasteiger partial charge is 0.384 e. The lowest BCUT2D eigenvalue weighted by Crippen LogP contribution is -2.00. The molecular weight excluding hydrogens is 210 g/mol. The molecule has 1 aromatic heterocycles. The van der Waals surface area contributed by atoms with Crippen LogP contribution in [-0.4, -0.2) is 36.3 Å². The minimum absolute atomic E-state index is 0.804. The molecule has 0 saturated carbocycles. The number of thioether (sulfide) groups is 1. The number of nitrogens with zero attached hydrogens (tertiary/aromatic N) is 2. The summed E-state index contributed by atoms with van der Waals surface area (Å²) >= 11 is 1.87. The van der Waals surface area contributed by atoms with E-state index in [1.54, 1.807) is 7.11 Å². The maximum Gasteiger partial charge on any atom is 0.128 e. The van der Waals surface area contributed by atoms with Gasteiger partial charge < -0.3 is 10.1 Å². The van der Waals surface area contributed by atoms with E-state index in [1.165, 1.54) is 5.56 Å². The first-order valence-electron chi connectivity index (χ1n) is 4.97. The van der Waals surface area contributed by atoms with E-state index in [2.05, 4.69) is 10.4 Å². The summed E-state index contributed by atoms with van der Waals surface area (Å²) in [5.41, 5.74) is 2.40. The lowest BCUT2D eigenvalue weighted by atomic mass is 10.3. The van der Waals surface area contributed by atoms with Gasteiger partial charge in [-0.1, -0.05) is 0 Å². The smallest absolute Gasteiger partial charge is 0.128 e. The molecule has 0 bridgehead atoms. The Morgan fingerprint density at radius 2 is 2.27 bits per heavy atom. The first-order valence-corrected chi connectivity index (χ1v) is 6.13. The molecule has 0 aliphatic rings. The summed E-state index contributed by atoms with van der Waals surface area (Å²) in [6.45, 7) is 2.85. The molecule has 0 fully saturated rings. The number of hydrogen-bond acceptors (Lipinski definition) is 4. The summed E-state index contributed by atoms with van der Waals surface area (Å²) in [6.07, 6.45) is 0. The molecular formula is C10H19N3OS. The fourth-order valence-electron chi connectivity index (χ4n) is 1.50. The van der Waals surface area contributed by atoms with Crippen LogP contribution in [0.3, 0.4) is 0 Å². The number of rotatable bonds is 6. The van der Waals surface area contributed by atoms with E-state index in [0.29, 0.717) is 0 Å². The van der Waals surface area contributed by atoms with Crippen molar-refractivity contribution in [2.75, 3.05) is 31.8 Å². The number of aryl methyl sites for hydroxylation is 2. The van der Waals surface area contributed by atoms with Gasteiger partial charge in [0.2, 0.25) is 0 Å². The van der Waals surface area contributed by atoms with Crippen molar-refractivity contribution in [3.05, 3.63) is 11.3 Å². The highest BCUT2D eigenvalue weighted by atomic mass is 32.2. The summed E-state index contributed by atoms with van der Waals surface area (Å²) in [7, 11) is 5.62. The van der Waals surface area contributed by atoms with Crippen LogP contribution in [0.2, 0.25) is 0 Å². The van der Waals surface area contributed by atoms with Crippen LogP contribution in [0.5, 0.6) is 0 Å². The van der Waals surface area contributed by atoms with Crippen LogP contribution in [0.4, 0.5) is 5.82 Å². The number of ether oxygens (including phenoxy) is 1. The Hall–Kier alpha value is -0.680. The topological polar surface area (TPSA) is 39.1 Å². The van der Waals surface area contributed by atoms with E-state index in [4.69, 9.17) is 4.74 Å². The summed E-state index contributed by atoms with van der Waals surface area (Å²) in [4.78, 5) is 0. The molecule has 15 heavy (non-hydrogen) atoms. The first kappa shape index (κ1) is 12.4. The van der Waals surface area contributed by atoms with Gasteiger partial charge in [0.15, 0.2) is 0 Å². The highest BCUT2D eigenvalue weighted by Gasteiger charge is 2.11. The Labute approximate surface area is 95.4 Å². The fourth-order valence-corrected chi connectivity index (χ4v) is 2.48. The predicted octanol–water partition coefficient (Wildman–Crippen LogP) is 1.65. The van der Waals surface area contributed by atoms with E-state index >= 15 is 0 Å². The molecule has 0 radical (unpaired) electrons. The maximum absolute atomic E-state index is 5.01. The lowest BCUT2D eigenvalue weighted by Gasteiger charge is -2.05. The standard InChI is InChI=1S/C10H19N3OS/c1-8-9(7-15-6-5-14-4)10(11-2)13(3)12-8/h11H,5-7H2,1-4H3. The molecule has 1 N–H and O–H groups in total. The Kier molecular flexibility index (Phi) is 4.98. The lowest BCUT2D eigenvalue weighted by molar-refractivity contribution is 0.218. The molecule has 0 aliphatic heterocycles. The van der Waals surface area contributed by atoms with E-state index < -0.39 is 0 Å². The number of hydrogen-bond donors (Lipinski definition) is 1. The molecule has 0 aromatic carbocycles. The maximum atomic E-state index is 5.01. The van der Waals surface area contributed by atoms with Crippen LogP contribution in [0.25, 0.3) is 0 Å². The monoisotopic (exact) mass is 229 g/mol. The van der Waals surface area contributed by atoms with Gasteiger partial charge in [-0.25, -0.2) is 0 Å². The average molecular weight is 229 g/mol. The zero-order valence-corrected chi connectivity index (χ0v) is 10.6. The molecule has 1 aromatic rings. The second-order valence-electron chi connectivity index (χ2n) is 3.33. The van der Waals surface area contributed by atoms with Gasteiger partial charge in [0.25, 0.3) is 0 Å². The molecule has 0 aliphatic carbocycles. The van der Waals surface area contributed by atoms with Crippen molar-refractivity contribution >= 4 is 17.6 Å². The molecule has 4 nitrogen and oxygen atoms in total. The number of nitrogens with one attached hydrogen (secondary N) is 1. The van der Waals surface area contributed by atoms with Crippen molar-refractivity contribution in [1.82, 2.24) is 9.78 Å². The molecule has 1 rings (SSSR count). The fraction of sp³-hybridized carbons (Fsp3) is 0.700. The minimum Gasteiger partial charge on any atom is -0.384 e. The highest BCUT2D eigenvalue weighted by Crippen LogP contribution is 2.23. The predicted molar refractivity (Wildman–Crippen MR) is 65.5 cm³/mol. The van der Waals surface area contributed by atoms with E-state index in [9.17, 15) is 0 Å². The van der Waals surface area contributed by atoms with Gasteiger partial charge in [0.1, 0.15) is 5.82 Å². The Bertz CT molecular complexity index is 312. The Morgan fingerprint density at radius 3 is 2.87 bits per heavy atom. The zero-order chi connectivity index (χ0) is 11.3.